The van der Waals surface area contributed by atoms with Crippen molar-refractivity contribution in [2.45, 2.75) is 38.3 Å². The number of hydrogen-bond donors (Lipinski definition) is 1. The molecule has 1 aliphatic rings. The minimum atomic E-state index is -0.335. The fraction of sp³-hybridized carbons (Fsp3) is 0.467. The number of anilines is 1. The second-order valence-electron chi connectivity index (χ2n) is 4.69. The largest absolute Gasteiger partial charge is 0.388 e. The van der Waals surface area contributed by atoms with E-state index in [4.69, 9.17) is 0 Å². The molecule has 92 valence electrons. The van der Waals surface area contributed by atoms with E-state index in [0.717, 1.165) is 18.5 Å². The second-order valence-corrected chi connectivity index (χ2v) is 4.69. The van der Waals surface area contributed by atoms with Crippen molar-refractivity contribution in [2.24, 2.45) is 0 Å². The van der Waals surface area contributed by atoms with E-state index in [1.165, 1.54) is 18.5 Å². The zero-order valence-corrected chi connectivity index (χ0v) is 10.5. The summed E-state index contributed by atoms with van der Waals surface area (Å²) in [6, 6.07) is 8.96. The zero-order chi connectivity index (χ0) is 12.3. The number of aliphatic hydroxyl groups excluding tert-OH is 1. The standard InChI is InChI=1S/C15H21NO/c1-3-11-16(14-9-10-14)13-7-5-12(6-8-13)15(17)4-2/h3,5-8,14-15,17H,1,4,9-11H2,2H3. The van der Waals surface area contributed by atoms with Gasteiger partial charge in [-0.1, -0.05) is 25.1 Å². The molecule has 2 rings (SSSR count). The minimum absolute atomic E-state index is 0.335. The van der Waals surface area contributed by atoms with Gasteiger partial charge in [0.15, 0.2) is 0 Å². The molecule has 2 heteroatoms. The van der Waals surface area contributed by atoms with Gasteiger partial charge in [0.05, 0.1) is 6.10 Å². The van der Waals surface area contributed by atoms with Crippen LogP contribution in [-0.2, 0) is 0 Å². The van der Waals surface area contributed by atoms with Crippen LogP contribution in [0.4, 0.5) is 5.69 Å². The van der Waals surface area contributed by atoms with E-state index in [9.17, 15) is 5.11 Å². The van der Waals surface area contributed by atoms with Crippen molar-refractivity contribution in [1.29, 1.82) is 0 Å². The fourth-order valence-corrected chi connectivity index (χ4v) is 2.11. The lowest BCUT2D eigenvalue weighted by molar-refractivity contribution is 0.173. The first-order chi connectivity index (χ1) is 8.26. The van der Waals surface area contributed by atoms with Gasteiger partial charge in [0.2, 0.25) is 0 Å². The van der Waals surface area contributed by atoms with Gasteiger partial charge in [-0.2, -0.15) is 0 Å². The molecule has 0 radical (unpaired) electrons. The Morgan fingerprint density at radius 1 is 1.41 bits per heavy atom. The molecule has 1 aromatic rings. The van der Waals surface area contributed by atoms with Gasteiger partial charge in [0, 0.05) is 18.3 Å². The van der Waals surface area contributed by atoms with E-state index in [2.05, 4.69) is 23.6 Å². The smallest absolute Gasteiger partial charge is 0.0787 e. The summed E-state index contributed by atoms with van der Waals surface area (Å²) in [6.45, 7) is 6.71. The van der Waals surface area contributed by atoms with Crippen LogP contribution in [0, 0.1) is 0 Å². The monoisotopic (exact) mass is 231 g/mol. The Bertz CT molecular complexity index is 367. The van der Waals surface area contributed by atoms with E-state index in [0.29, 0.717) is 6.04 Å². The Hall–Kier alpha value is -1.28. The first-order valence-corrected chi connectivity index (χ1v) is 6.41. The lowest BCUT2D eigenvalue weighted by atomic mass is 10.1. The van der Waals surface area contributed by atoms with E-state index in [-0.39, 0.29) is 6.10 Å². The van der Waals surface area contributed by atoms with Gasteiger partial charge in [0.25, 0.3) is 0 Å². The predicted molar refractivity (Wildman–Crippen MR) is 72.3 cm³/mol. The SMILES string of the molecule is C=CCN(c1ccc(C(O)CC)cc1)C1CC1. The molecule has 0 aromatic heterocycles. The normalized spacial score (nSPS) is 16.6. The van der Waals surface area contributed by atoms with Crippen LogP contribution in [0.3, 0.4) is 0 Å². The topological polar surface area (TPSA) is 23.5 Å². The van der Waals surface area contributed by atoms with Crippen molar-refractivity contribution < 1.29 is 5.11 Å². The summed E-state index contributed by atoms with van der Waals surface area (Å²) in [6.07, 6.45) is 4.95. The molecule has 1 unspecified atom stereocenters. The summed E-state index contributed by atoms with van der Waals surface area (Å²) in [5, 5.41) is 9.75. The van der Waals surface area contributed by atoms with Crippen LogP contribution in [0.1, 0.15) is 37.9 Å². The third-order valence-electron chi connectivity index (χ3n) is 3.31. The average molecular weight is 231 g/mol. The summed E-state index contributed by atoms with van der Waals surface area (Å²) in [5.41, 5.74) is 2.24. The average Bonchev–Trinajstić information content (AvgIpc) is 3.19. The molecule has 0 bridgehead atoms. The Kier molecular flexibility index (Phi) is 3.85. The van der Waals surface area contributed by atoms with Gasteiger partial charge in [-0.15, -0.1) is 6.58 Å². The Balaban J connectivity index is 2.12. The molecule has 2 nitrogen and oxygen atoms in total. The molecule has 17 heavy (non-hydrogen) atoms. The Morgan fingerprint density at radius 2 is 2.06 bits per heavy atom. The van der Waals surface area contributed by atoms with Crippen LogP contribution in [0.25, 0.3) is 0 Å². The molecule has 1 aromatic carbocycles. The van der Waals surface area contributed by atoms with E-state index < -0.39 is 0 Å². The minimum Gasteiger partial charge on any atom is -0.388 e. The van der Waals surface area contributed by atoms with Gasteiger partial charge < -0.3 is 10.0 Å². The summed E-state index contributed by atoms with van der Waals surface area (Å²) in [7, 11) is 0. The molecule has 1 aliphatic carbocycles. The highest BCUT2D eigenvalue weighted by Crippen LogP contribution is 2.32. The molecular weight excluding hydrogens is 210 g/mol. The molecule has 0 amide bonds. The van der Waals surface area contributed by atoms with E-state index in [1.54, 1.807) is 0 Å². The highest BCUT2D eigenvalue weighted by atomic mass is 16.3. The maximum absolute atomic E-state index is 9.75. The summed E-state index contributed by atoms with van der Waals surface area (Å²) in [5.74, 6) is 0. The fourth-order valence-electron chi connectivity index (χ4n) is 2.11. The number of benzene rings is 1. The number of rotatable bonds is 6. The van der Waals surface area contributed by atoms with Crippen molar-refractivity contribution in [3.8, 4) is 0 Å². The quantitative estimate of drug-likeness (QED) is 0.759. The lowest BCUT2D eigenvalue weighted by Gasteiger charge is -2.23. The Morgan fingerprint density at radius 3 is 2.53 bits per heavy atom. The molecule has 1 fully saturated rings. The molecule has 0 spiro atoms. The van der Waals surface area contributed by atoms with E-state index in [1.807, 2.05) is 25.1 Å². The third kappa shape index (κ3) is 2.89. The highest BCUT2D eigenvalue weighted by Gasteiger charge is 2.28. The van der Waals surface area contributed by atoms with Crippen LogP contribution in [-0.4, -0.2) is 17.7 Å². The third-order valence-corrected chi connectivity index (χ3v) is 3.31. The molecule has 1 N–H and O–H groups in total. The van der Waals surface area contributed by atoms with Gasteiger partial charge in [-0.05, 0) is 37.0 Å². The van der Waals surface area contributed by atoms with Crippen molar-refractivity contribution in [2.75, 3.05) is 11.4 Å². The van der Waals surface area contributed by atoms with Crippen molar-refractivity contribution >= 4 is 5.69 Å². The molecule has 0 aliphatic heterocycles. The second kappa shape index (κ2) is 5.37. The summed E-state index contributed by atoms with van der Waals surface area (Å²) >= 11 is 0. The van der Waals surface area contributed by atoms with Crippen LogP contribution >= 0.6 is 0 Å². The van der Waals surface area contributed by atoms with Gasteiger partial charge in [-0.25, -0.2) is 0 Å². The molecule has 0 heterocycles. The molecular formula is C15H21NO. The first-order valence-electron chi connectivity index (χ1n) is 6.41. The van der Waals surface area contributed by atoms with E-state index >= 15 is 0 Å². The molecule has 0 saturated heterocycles. The van der Waals surface area contributed by atoms with Crippen molar-refractivity contribution in [3.63, 3.8) is 0 Å². The van der Waals surface area contributed by atoms with Crippen LogP contribution < -0.4 is 4.90 Å². The highest BCUT2D eigenvalue weighted by molar-refractivity contribution is 5.50. The number of nitrogens with zero attached hydrogens (tertiary/aromatic N) is 1. The Labute approximate surface area is 104 Å². The first kappa shape index (κ1) is 12.2. The van der Waals surface area contributed by atoms with Gasteiger partial charge in [-0.3, -0.25) is 0 Å². The lowest BCUT2D eigenvalue weighted by Crippen LogP contribution is -2.25. The van der Waals surface area contributed by atoms with Gasteiger partial charge in [0.1, 0.15) is 0 Å². The van der Waals surface area contributed by atoms with Crippen molar-refractivity contribution in [3.05, 3.63) is 42.5 Å². The zero-order valence-electron chi connectivity index (χ0n) is 10.5. The maximum atomic E-state index is 9.75. The number of aliphatic hydroxyl groups is 1. The molecule has 1 atom stereocenters. The summed E-state index contributed by atoms with van der Waals surface area (Å²) in [4.78, 5) is 2.38. The van der Waals surface area contributed by atoms with Crippen molar-refractivity contribution in [1.82, 2.24) is 0 Å². The van der Waals surface area contributed by atoms with Crippen LogP contribution in [0.15, 0.2) is 36.9 Å². The molecule has 1 saturated carbocycles. The summed E-state index contributed by atoms with van der Waals surface area (Å²) < 4.78 is 0. The van der Waals surface area contributed by atoms with Crippen LogP contribution in [0.5, 0.6) is 0 Å². The van der Waals surface area contributed by atoms with Crippen LogP contribution in [0.2, 0.25) is 0 Å². The maximum Gasteiger partial charge on any atom is 0.0787 e. The number of hydrogen-bond acceptors (Lipinski definition) is 2. The van der Waals surface area contributed by atoms with Gasteiger partial charge >= 0.3 is 0 Å². The predicted octanol–water partition coefficient (Wildman–Crippen LogP) is 3.28.